The van der Waals surface area contributed by atoms with Gasteiger partial charge in [0.15, 0.2) is 6.10 Å². The van der Waals surface area contributed by atoms with Gasteiger partial charge in [0.2, 0.25) is 5.91 Å². The van der Waals surface area contributed by atoms with Crippen molar-refractivity contribution in [2.24, 2.45) is 0 Å². The van der Waals surface area contributed by atoms with Gasteiger partial charge in [-0.15, -0.1) is 0 Å². The first kappa shape index (κ1) is 22.9. The van der Waals surface area contributed by atoms with E-state index >= 15 is 0 Å². The van der Waals surface area contributed by atoms with Crippen LogP contribution in [0.15, 0.2) is 72.8 Å². The molecule has 0 aromatic heterocycles. The smallest absolute Gasteiger partial charge is 0.266 e. The van der Waals surface area contributed by atoms with Crippen LogP contribution in [0.2, 0.25) is 0 Å². The van der Waals surface area contributed by atoms with Crippen molar-refractivity contribution < 1.29 is 14.3 Å². The molecule has 0 saturated carbocycles. The molecular formula is C28H30N4O3. The summed E-state index contributed by atoms with van der Waals surface area (Å²) in [6.45, 7) is 7.06. The lowest BCUT2D eigenvalue weighted by atomic mass is 10.1. The highest BCUT2D eigenvalue weighted by molar-refractivity contribution is 6.01. The summed E-state index contributed by atoms with van der Waals surface area (Å²) >= 11 is 0. The molecule has 2 aliphatic rings. The third kappa shape index (κ3) is 5.63. The molecule has 0 aliphatic carbocycles. The molecular weight excluding hydrogens is 440 g/mol. The molecule has 35 heavy (non-hydrogen) atoms. The monoisotopic (exact) mass is 470 g/mol. The summed E-state index contributed by atoms with van der Waals surface area (Å²) in [5.74, 6) is 0.00946. The highest BCUT2D eigenvalue weighted by atomic mass is 16.5. The molecule has 0 radical (unpaired) electrons. The summed E-state index contributed by atoms with van der Waals surface area (Å²) in [5, 5.41) is 5.66. The number of hydrogen-bond acceptors (Lipinski definition) is 5. The van der Waals surface area contributed by atoms with Gasteiger partial charge >= 0.3 is 0 Å². The van der Waals surface area contributed by atoms with Crippen molar-refractivity contribution in [1.29, 1.82) is 0 Å². The van der Waals surface area contributed by atoms with Crippen LogP contribution in [0.1, 0.15) is 17.5 Å². The van der Waals surface area contributed by atoms with Gasteiger partial charge in [-0.05, 0) is 54.4 Å². The molecule has 3 aromatic rings. The SMILES string of the molecule is Cc1cccc(N2CCN(Cc3ccc(NC(=O)CC4Oc5ccccc5NC4=O)cc3)CC2)c1. The van der Waals surface area contributed by atoms with Gasteiger partial charge < -0.3 is 20.3 Å². The van der Waals surface area contributed by atoms with Crippen LogP contribution in [0.4, 0.5) is 17.1 Å². The van der Waals surface area contributed by atoms with E-state index in [1.807, 2.05) is 36.4 Å². The molecule has 3 aromatic carbocycles. The average molecular weight is 471 g/mol. The van der Waals surface area contributed by atoms with Crippen LogP contribution in [0, 0.1) is 6.92 Å². The molecule has 1 fully saturated rings. The van der Waals surface area contributed by atoms with Gasteiger partial charge in [0, 0.05) is 44.1 Å². The predicted octanol–water partition coefficient (Wildman–Crippen LogP) is 4.05. The Hall–Kier alpha value is -3.84. The molecule has 2 N–H and O–H groups in total. The largest absolute Gasteiger partial charge is 0.478 e. The number of nitrogens with zero attached hydrogens (tertiary/aromatic N) is 2. The van der Waals surface area contributed by atoms with E-state index in [-0.39, 0.29) is 18.2 Å². The van der Waals surface area contributed by atoms with Gasteiger partial charge in [0.05, 0.1) is 12.1 Å². The predicted molar refractivity (Wildman–Crippen MR) is 138 cm³/mol. The van der Waals surface area contributed by atoms with Crippen molar-refractivity contribution in [3.05, 3.63) is 83.9 Å². The minimum absolute atomic E-state index is 0.0485. The van der Waals surface area contributed by atoms with Crippen LogP contribution in [0.3, 0.4) is 0 Å². The Kier molecular flexibility index (Phi) is 6.68. The van der Waals surface area contributed by atoms with E-state index in [0.29, 0.717) is 17.1 Å². The summed E-state index contributed by atoms with van der Waals surface area (Å²) in [6, 6.07) is 23.8. The first-order valence-electron chi connectivity index (χ1n) is 12.0. The van der Waals surface area contributed by atoms with E-state index in [0.717, 1.165) is 32.7 Å². The summed E-state index contributed by atoms with van der Waals surface area (Å²) in [5.41, 5.74) is 5.13. The van der Waals surface area contributed by atoms with Crippen molar-refractivity contribution in [1.82, 2.24) is 4.90 Å². The van der Waals surface area contributed by atoms with Gasteiger partial charge in [-0.2, -0.15) is 0 Å². The van der Waals surface area contributed by atoms with E-state index in [9.17, 15) is 9.59 Å². The van der Waals surface area contributed by atoms with Crippen molar-refractivity contribution in [2.45, 2.75) is 26.0 Å². The lowest BCUT2D eigenvalue weighted by molar-refractivity contribution is -0.128. The topological polar surface area (TPSA) is 73.9 Å². The van der Waals surface area contributed by atoms with Crippen LogP contribution >= 0.6 is 0 Å². The fraction of sp³-hybridized carbons (Fsp3) is 0.286. The zero-order chi connectivity index (χ0) is 24.2. The van der Waals surface area contributed by atoms with Gasteiger partial charge in [0.1, 0.15) is 5.75 Å². The maximum atomic E-state index is 12.5. The maximum Gasteiger partial charge on any atom is 0.266 e. The first-order chi connectivity index (χ1) is 17.0. The molecule has 2 heterocycles. The molecule has 2 aliphatic heterocycles. The van der Waals surface area contributed by atoms with Gasteiger partial charge in [-0.25, -0.2) is 0 Å². The Morgan fingerprint density at radius 3 is 2.54 bits per heavy atom. The number of piperazine rings is 1. The minimum Gasteiger partial charge on any atom is -0.478 e. The van der Waals surface area contributed by atoms with Gasteiger partial charge in [-0.3, -0.25) is 14.5 Å². The number of carbonyl (C=O) groups is 2. The van der Waals surface area contributed by atoms with Gasteiger partial charge in [-0.1, -0.05) is 36.4 Å². The Bertz CT molecular complexity index is 1200. The number of hydrogen-bond donors (Lipinski definition) is 2. The standard InChI is InChI=1S/C28H30N4O3/c1-20-5-4-6-23(17-20)32-15-13-31(14-16-32)19-21-9-11-22(12-10-21)29-27(33)18-26-28(34)30-24-7-2-3-8-25(24)35-26/h2-12,17,26H,13-16,18-19H2,1H3,(H,29,33)(H,30,34). The summed E-state index contributed by atoms with van der Waals surface area (Å²) in [4.78, 5) is 29.7. The van der Waals surface area contributed by atoms with Crippen molar-refractivity contribution in [3.63, 3.8) is 0 Å². The Morgan fingerprint density at radius 2 is 1.77 bits per heavy atom. The summed E-state index contributed by atoms with van der Waals surface area (Å²) in [7, 11) is 0. The second-order valence-electron chi connectivity index (χ2n) is 9.14. The third-order valence-electron chi connectivity index (χ3n) is 6.46. The molecule has 1 atom stereocenters. The van der Waals surface area contributed by atoms with E-state index in [2.05, 4.69) is 51.6 Å². The zero-order valence-electron chi connectivity index (χ0n) is 19.9. The lowest BCUT2D eigenvalue weighted by Crippen LogP contribution is -2.45. The quantitative estimate of drug-likeness (QED) is 0.569. The van der Waals surface area contributed by atoms with Crippen LogP contribution in [0.25, 0.3) is 0 Å². The number of nitrogens with one attached hydrogen (secondary N) is 2. The first-order valence-corrected chi connectivity index (χ1v) is 12.0. The third-order valence-corrected chi connectivity index (χ3v) is 6.46. The number of rotatable bonds is 6. The Morgan fingerprint density at radius 1 is 1.00 bits per heavy atom. The molecule has 180 valence electrons. The molecule has 0 spiro atoms. The van der Waals surface area contributed by atoms with E-state index in [1.165, 1.54) is 16.8 Å². The lowest BCUT2D eigenvalue weighted by Gasteiger charge is -2.36. The number of para-hydroxylation sites is 2. The van der Waals surface area contributed by atoms with Crippen molar-refractivity contribution in [3.8, 4) is 5.75 Å². The van der Waals surface area contributed by atoms with Crippen molar-refractivity contribution >= 4 is 28.9 Å². The number of fused-ring (bicyclic) bond motifs is 1. The molecule has 5 rings (SSSR count). The molecule has 7 nitrogen and oxygen atoms in total. The highest BCUT2D eigenvalue weighted by Gasteiger charge is 2.29. The Labute approximate surface area is 205 Å². The van der Waals surface area contributed by atoms with Crippen LogP contribution in [0.5, 0.6) is 5.75 Å². The second kappa shape index (κ2) is 10.2. The molecule has 7 heteroatoms. The number of aryl methyl sites for hydroxylation is 1. The molecule has 2 amide bonds. The van der Waals surface area contributed by atoms with Crippen LogP contribution in [-0.2, 0) is 16.1 Å². The Balaban J connectivity index is 1.10. The number of carbonyl (C=O) groups excluding carboxylic acids is 2. The summed E-state index contributed by atoms with van der Waals surface area (Å²) in [6.07, 6.45) is -0.893. The fourth-order valence-corrected chi connectivity index (χ4v) is 4.55. The average Bonchev–Trinajstić information content (AvgIpc) is 2.86. The van der Waals surface area contributed by atoms with E-state index in [4.69, 9.17) is 4.74 Å². The maximum absolute atomic E-state index is 12.5. The molecule has 0 bridgehead atoms. The normalized spacial score (nSPS) is 17.8. The molecule has 1 saturated heterocycles. The number of ether oxygens (including phenoxy) is 1. The zero-order valence-corrected chi connectivity index (χ0v) is 19.9. The highest BCUT2D eigenvalue weighted by Crippen LogP contribution is 2.29. The van der Waals surface area contributed by atoms with Crippen molar-refractivity contribution in [2.75, 3.05) is 41.7 Å². The van der Waals surface area contributed by atoms with E-state index in [1.54, 1.807) is 12.1 Å². The number of benzene rings is 3. The van der Waals surface area contributed by atoms with Gasteiger partial charge in [0.25, 0.3) is 5.91 Å². The number of amides is 2. The van der Waals surface area contributed by atoms with Crippen LogP contribution in [-0.4, -0.2) is 49.0 Å². The minimum atomic E-state index is -0.845. The van der Waals surface area contributed by atoms with Crippen LogP contribution < -0.4 is 20.3 Å². The van der Waals surface area contributed by atoms with E-state index < -0.39 is 6.10 Å². The summed E-state index contributed by atoms with van der Waals surface area (Å²) < 4.78 is 5.72. The molecule has 1 unspecified atom stereocenters. The second-order valence-corrected chi connectivity index (χ2v) is 9.14. The fourth-order valence-electron chi connectivity index (χ4n) is 4.55. The number of anilines is 3.